The van der Waals surface area contributed by atoms with E-state index in [1.807, 2.05) is 6.08 Å². The highest BCUT2D eigenvalue weighted by Crippen LogP contribution is 2.17. The topological polar surface area (TPSA) is 9.23 Å². The Morgan fingerprint density at radius 3 is 2.12 bits per heavy atom. The quantitative estimate of drug-likeness (QED) is 0.277. The van der Waals surface area contributed by atoms with Crippen molar-refractivity contribution in [2.45, 2.75) is 71.0 Å². The van der Waals surface area contributed by atoms with E-state index in [-0.39, 0.29) is 0 Å². The van der Waals surface area contributed by atoms with E-state index in [1.165, 1.54) is 51.0 Å². The molecule has 0 rings (SSSR count). The molecular formula is C14H30OSi. The van der Waals surface area contributed by atoms with Crippen LogP contribution in [0.3, 0.4) is 0 Å². The van der Waals surface area contributed by atoms with Gasteiger partial charge in [0.1, 0.15) is 0 Å². The molecule has 0 atom stereocenters. The summed E-state index contributed by atoms with van der Waals surface area (Å²) in [6.07, 6.45) is 11.4. The maximum atomic E-state index is 5.82. The second kappa shape index (κ2) is 10.1. The van der Waals surface area contributed by atoms with Crippen molar-refractivity contribution in [2.75, 3.05) is 6.61 Å². The highest BCUT2D eigenvalue weighted by atomic mass is 28.4. The van der Waals surface area contributed by atoms with Crippen LogP contribution >= 0.6 is 0 Å². The van der Waals surface area contributed by atoms with Crippen molar-refractivity contribution >= 4 is 8.32 Å². The maximum absolute atomic E-state index is 5.82. The highest BCUT2D eigenvalue weighted by molar-refractivity contribution is 6.71. The first-order chi connectivity index (χ1) is 7.62. The maximum Gasteiger partial charge on any atom is 0.186 e. The summed E-state index contributed by atoms with van der Waals surface area (Å²) in [4.78, 5) is 0. The molecule has 0 amide bonds. The lowest BCUT2D eigenvalue weighted by molar-refractivity contribution is 0.327. The lowest BCUT2D eigenvalue weighted by atomic mass is 10.1. The van der Waals surface area contributed by atoms with Gasteiger partial charge in [-0.1, -0.05) is 38.2 Å². The van der Waals surface area contributed by atoms with Gasteiger partial charge < -0.3 is 4.43 Å². The molecule has 0 aliphatic carbocycles. The van der Waals surface area contributed by atoms with Crippen molar-refractivity contribution < 1.29 is 4.43 Å². The fraction of sp³-hybridized carbons (Fsp3) is 0.857. The first kappa shape index (κ1) is 15.9. The fourth-order valence-electron chi connectivity index (χ4n) is 2.01. The molecule has 0 saturated carbocycles. The van der Waals surface area contributed by atoms with E-state index in [4.69, 9.17) is 4.43 Å². The van der Waals surface area contributed by atoms with Crippen molar-refractivity contribution in [2.24, 2.45) is 0 Å². The number of allylic oxidation sites excluding steroid dienone is 1. The van der Waals surface area contributed by atoms with E-state index in [2.05, 4.69) is 26.6 Å². The minimum atomic E-state index is -1.30. The minimum absolute atomic E-state index is 0.890. The molecule has 0 heterocycles. The third-order valence-corrected chi connectivity index (χ3v) is 5.60. The Bertz CT molecular complexity index is 166. The average molecular weight is 242 g/mol. The Morgan fingerprint density at radius 2 is 1.56 bits per heavy atom. The van der Waals surface area contributed by atoms with Crippen LogP contribution in [-0.4, -0.2) is 14.9 Å². The van der Waals surface area contributed by atoms with Gasteiger partial charge in [-0.25, -0.2) is 0 Å². The zero-order valence-electron chi connectivity index (χ0n) is 11.6. The predicted molar refractivity (Wildman–Crippen MR) is 76.4 cm³/mol. The minimum Gasteiger partial charge on any atom is -0.418 e. The van der Waals surface area contributed by atoms with Crippen molar-refractivity contribution in [3.8, 4) is 0 Å². The van der Waals surface area contributed by atoms with Crippen LogP contribution in [-0.2, 0) is 4.43 Å². The number of hydrogen-bond donors (Lipinski definition) is 0. The molecule has 0 radical (unpaired) electrons. The Hall–Kier alpha value is -0.0831. The standard InChI is InChI=1S/C14H30OSi/c1-5-7-8-9-10-11-12-13-14-16(3,4)15-6-2/h5H,1,6-14H2,2-4H3. The van der Waals surface area contributed by atoms with Crippen molar-refractivity contribution in [1.29, 1.82) is 0 Å². The number of hydrogen-bond acceptors (Lipinski definition) is 1. The van der Waals surface area contributed by atoms with Gasteiger partial charge in [0.25, 0.3) is 0 Å². The molecule has 96 valence electrons. The molecule has 0 aromatic rings. The van der Waals surface area contributed by atoms with Gasteiger partial charge >= 0.3 is 0 Å². The van der Waals surface area contributed by atoms with Crippen LogP contribution in [0.2, 0.25) is 19.1 Å². The molecule has 0 aliphatic rings. The van der Waals surface area contributed by atoms with Gasteiger partial charge in [0.15, 0.2) is 8.32 Å². The van der Waals surface area contributed by atoms with Gasteiger partial charge in [0, 0.05) is 6.61 Å². The van der Waals surface area contributed by atoms with Crippen LogP contribution in [0.25, 0.3) is 0 Å². The summed E-state index contributed by atoms with van der Waals surface area (Å²) in [6.45, 7) is 11.4. The van der Waals surface area contributed by atoms with Gasteiger partial charge in [-0.05, 0) is 38.9 Å². The summed E-state index contributed by atoms with van der Waals surface area (Å²) in [5.74, 6) is 0. The van der Waals surface area contributed by atoms with Crippen LogP contribution in [0.5, 0.6) is 0 Å². The Labute approximate surface area is 103 Å². The number of unbranched alkanes of at least 4 members (excludes halogenated alkanes) is 6. The molecule has 16 heavy (non-hydrogen) atoms. The van der Waals surface area contributed by atoms with Crippen molar-refractivity contribution in [1.82, 2.24) is 0 Å². The molecule has 0 spiro atoms. The first-order valence-corrected chi connectivity index (χ1v) is 9.99. The lowest BCUT2D eigenvalue weighted by Gasteiger charge is -2.21. The molecule has 0 aliphatic heterocycles. The van der Waals surface area contributed by atoms with Gasteiger partial charge in [0.05, 0.1) is 0 Å². The van der Waals surface area contributed by atoms with Crippen molar-refractivity contribution in [3.05, 3.63) is 12.7 Å². The van der Waals surface area contributed by atoms with Crippen LogP contribution in [0.1, 0.15) is 51.9 Å². The normalized spacial score (nSPS) is 11.7. The van der Waals surface area contributed by atoms with Crippen LogP contribution in [0, 0.1) is 0 Å². The summed E-state index contributed by atoms with van der Waals surface area (Å²) in [5, 5.41) is 0. The van der Waals surface area contributed by atoms with E-state index in [9.17, 15) is 0 Å². The van der Waals surface area contributed by atoms with Crippen molar-refractivity contribution in [3.63, 3.8) is 0 Å². The highest BCUT2D eigenvalue weighted by Gasteiger charge is 2.20. The Kier molecular flexibility index (Phi) is 10.0. The van der Waals surface area contributed by atoms with Crippen LogP contribution in [0.15, 0.2) is 12.7 Å². The van der Waals surface area contributed by atoms with E-state index in [0.717, 1.165) is 6.61 Å². The summed E-state index contributed by atoms with van der Waals surface area (Å²) < 4.78 is 5.82. The van der Waals surface area contributed by atoms with Gasteiger partial charge in [-0.3, -0.25) is 0 Å². The first-order valence-electron chi connectivity index (χ1n) is 6.87. The van der Waals surface area contributed by atoms with Crippen LogP contribution in [0.4, 0.5) is 0 Å². The fourth-order valence-corrected chi connectivity index (χ4v) is 4.04. The third-order valence-electron chi connectivity index (χ3n) is 2.97. The second-order valence-corrected chi connectivity index (χ2v) is 9.45. The molecule has 0 fully saturated rings. The van der Waals surface area contributed by atoms with E-state index in [1.54, 1.807) is 0 Å². The largest absolute Gasteiger partial charge is 0.418 e. The molecular weight excluding hydrogens is 212 g/mol. The summed E-state index contributed by atoms with van der Waals surface area (Å²) in [6, 6.07) is 1.33. The predicted octanol–water partition coefficient (Wildman–Crippen LogP) is 5.14. The van der Waals surface area contributed by atoms with E-state index >= 15 is 0 Å². The van der Waals surface area contributed by atoms with Crippen LogP contribution < -0.4 is 0 Å². The SMILES string of the molecule is C=CCCCCCCCC[Si](C)(C)OCC. The molecule has 0 aromatic carbocycles. The summed E-state index contributed by atoms with van der Waals surface area (Å²) in [7, 11) is -1.30. The van der Waals surface area contributed by atoms with E-state index < -0.39 is 8.32 Å². The molecule has 0 saturated heterocycles. The molecule has 1 nitrogen and oxygen atoms in total. The molecule has 0 N–H and O–H groups in total. The zero-order valence-corrected chi connectivity index (χ0v) is 12.6. The molecule has 0 unspecified atom stereocenters. The number of rotatable bonds is 11. The van der Waals surface area contributed by atoms with Gasteiger partial charge in [0.2, 0.25) is 0 Å². The van der Waals surface area contributed by atoms with Gasteiger partial charge in [-0.2, -0.15) is 0 Å². The summed E-state index contributed by atoms with van der Waals surface area (Å²) >= 11 is 0. The Balaban J connectivity index is 3.23. The average Bonchev–Trinajstić information content (AvgIpc) is 2.22. The smallest absolute Gasteiger partial charge is 0.186 e. The van der Waals surface area contributed by atoms with E-state index in [0.29, 0.717) is 0 Å². The van der Waals surface area contributed by atoms with Gasteiger partial charge in [-0.15, -0.1) is 6.58 Å². The third kappa shape index (κ3) is 10.4. The second-order valence-electron chi connectivity index (χ2n) is 5.14. The molecule has 2 heteroatoms. The molecule has 0 aromatic heterocycles. The lowest BCUT2D eigenvalue weighted by Crippen LogP contribution is -2.29. The zero-order chi connectivity index (χ0) is 12.3. The summed E-state index contributed by atoms with van der Waals surface area (Å²) in [5.41, 5.74) is 0. The Morgan fingerprint density at radius 1 is 1.00 bits per heavy atom. The monoisotopic (exact) mass is 242 g/mol. The molecule has 0 bridgehead atoms.